The lowest BCUT2D eigenvalue weighted by Gasteiger charge is -2.25. The van der Waals surface area contributed by atoms with Crippen LogP contribution in [-0.4, -0.2) is 17.1 Å². The minimum absolute atomic E-state index is 0.0429. The maximum atomic E-state index is 11.6. The molecule has 0 aromatic heterocycles. The fraction of sp³-hybridized carbons (Fsp3) is 0.500. The normalized spacial score (nSPS) is 25.3. The zero-order valence-corrected chi connectivity index (χ0v) is 10.6. The summed E-state index contributed by atoms with van der Waals surface area (Å²) in [5, 5.41) is 1.83. The Labute approximate surface area is 102 Å². The van der Waals surface area contributed by atoms with E-state index < -0.39 is 0 Å². The Hall–Kier alpha value is -1.35. The van der Waals surface area contributed by atoms with Crippen molar-refractivity contribution < 1.29 is 9.63 Å². The predicted octanol–water partition coefficient (Wildman–Crippen LogP) is 2.62. The van der Waals surface area contributed by atoms with Crippen LogP contribution in [0, 0.1) is 11.8 Å². The first kappa shape index (κ1) is 12.1. The van der Waals surface area contributed by atoms with Gasteiger partial charge in [-0.05, 0) is 11.5 Å². The Bertz CT molecular complexity index is 388. The van der Waals surface area contributed by atoms with Gasteiger partial charge in [0.1, 0.15) is 0 Å². The van der Waals surface area contributed by atoms with Gasteiger partial charge in [-0.25, -0.2) is 4.79 Å². The molecule has 3 nitrogen and oxygen atoms in total. The summed E-state index contributed by atoms with van der Waals surface area (Å²) in [5.74, 6) is 0.249. The Morgan fingerprint density at radius 3 is 2.53 bits per heavy atom. The second-order valence-electron chi connectivity index (χ2n) is 4.99. The largest absolute Gasteiger partial charge is 0.367 e. The van der Waals surface area contributed by atoms with Gasteiger partial charge in [0.2, 0.25) is 0 Å². The molecule has 1 heterocycles. The van der Waals surface area contributed by atoms with Crippen LogP contribution in [0.1, 0.15) is 26.3 Å². The summed E-state index contributed by atoms with van der Waals surface area (Å²) in [7, 11) is 0. The van der Waals surface area contributed by atoms with Crippen molar-refractivity contribution >= 4 is 5.97 Å². The molecular weight excluding hydrogens is 214 g/mol. The van der Waals surface area contributed by atoms with Gasteiger partial charge in [0, 0.05) is 0 Å². The maximum Gasteiger partial charge on any atom is 0.329 e. The molecule has 2 atom stereocenters. The van der Waals surface area contributed by atoms with Gasteiger partial charge in [-0.3, -0.25) is 0 Å². The summed E-state index contributed by atoms with van der Waals surface area (Å²) in [5.41, 5.74) is 1.17. The summed E-state index contributed by atoms with van der Waals surface area (Å²) >= 11 is 0. The molecule has 1 aliphatic heterocycles. The van der Waals surface area contributed by atoms with E-state index in [1.165, 1.54) is 5.56 Å². The molecule has 1 saturated heterocycles. The van der Waals surface area contributed by atoms with Crippen LogP contribution in [0.4, 0.5) is 0 Å². The smallest absolute Gasteiger partial charge is 0.329 e. The molecule has 0 aliphatic carbocycles. The molecule has 3 heteroatoms. The minimum Gasteiger partial charge on any atom is -0.367 e. The lowest BCUT2D eigenvalue weighted by atomic mass is 9.92. The van der Waals surface area contributed by atoms with Gasteiger partial charge < -0.3 is 4.84 Å². The Morgan fingerprint density at radius 1 is 1.29 bits per heavy atom. The van der Waals surface area contributed by atoms with Crippen LogP contribution in [0.3, 0.4) is 0 Å². The van der Waals surface area contributed by atoms with Crippen molar-refractivity contribution in [3.63, 3.8) is 0 Å². The molecule has 0 spiro atoms. The van der Waals surface area contributed by atoms with Crippen molar-refractivity contribution in [1.82, 2.24) is 5.06 Å². The highest BCUT2D eigenvalue weighted by Crippen LogP contribution is 2.29. The highest BCUT2D eigenvalue weighted by Gasteiger charge is 2.41. The third kappa shape index (κ3) is 2.50. The lowest BCUT2D eigenvalue weighted by molar-refractivity contribution is -0.180. The lowest BCUT2D eigenvalue weighted by Crippen LogP contribution is -2.35. The second-order valence-corrected chi connectivity index (χ2v) is 4.99. The zero-order chi connectivity index (χ0) is 12.4. The topological polar surface area (TPSA) is 29.5 Å². The molecule has 17 heavy (non-hydrogen) atoms. The number of hydrogen-bond donors (Lipinski definition) is 0. The molecule has 0 bridgehead atoms. The van der Waals surface area contributed by atoms with E-state index in [4.69, 9.17) is 4.84 Å². The van der Waals surface area contributed by atoms with Crippen LogP contribution in [0.25, 0.3) is 0 Å². The molecule has 1 aliphatic rings. The standard InChI is InChI=1S/C14H19NO2/c1-10(2)13-11(3)14(16)17-15(13)9-12-7-5-4-6-8-12/h4-8,10-11,13H,9H2,1-3H3/t11-,13-/m1/s1. The van der Waals surface area contributed by atoms with Gasteiger partial charge in [-0.2, -0.15) is 0 Å². The molecule has 0 saturated carbocycles. The second kappa shape index (κ2) is 4.88. The van der Waals surface area contributed by atoms with Crippen LogP contribution in [-0.2, 0) is 16.2 Å². The van der Waals surface area contributed by atoms with Crippen molar-refractivity contribution in [1.29, 1.82) is 0 Å². The van der Waals surface area contributed by atoms with Crippen LogP contribution >= 0.6 is 0 Å². The molecule has 0 radical (unpaired) electrons. The third-order valence-electron chi connectivity index (χ3n) is 3.29. The molecule has 1 aromatic carbocycles. The van der Waals surface area contributed by atoms with Crippen molar-refractivity contribution in [2.75, 3.05) is 0 Å². The minimum atomic E-state index is -0.111. The Morgan fingerprint density at radius 2 is 1.94 bits per heavy atom. The fourth-order valence-electron chi connectivity index (χ4n) is 2.46. The van der Waals surface area contributed by atoms with Crippen LogP contribution in [0.2, 0.25) is 0 Å². The Kier molecular flexibility index (Phi) is 3.48. The number of nitrogens with zero attached hydrogens (tertiary/aromatic N) is 1. The monoisotopic (exact) mass is 233 g/mol. The van der Waals surface area contributed by atoms with Crippen molar-refractivity contribution in [2.45, 2.75) is 33.4 Å². The quantitative estimate of drug-likeness (QED) is 0.803. The molecule has 0 amide bonds. The van der Waals surface area contributed by atoms with Gasteiger partial charge in [-0.15, -0.1) is 5.06 Å². The van der Waals surface area contributed by atoms with Crippen LogP contribution in [0.15, 0.2) is 30.3 Å². The maximum absolute atomic E-state index is 11.6. The number of hydrogen-bond acceptors (Lipinski definition) is 3. The fourth-order valence-corrected chi connectivity index (χ4v) is 2.46. The number of carbonyl (C=O) groups is 1. The van der Waals surface area contributed by atoms with E-state index in [9.17, 15) is 4.79 Å². The number of benzene rings is 1. The van der Waals surface area contributed by atoms with Crippen molar-refractivity contribution in [3.05, 3.63) is 35.9 Å². The van der Waals surface area contributed by atoms with E-state index in [0.717, 1.165) is 0 Å². The highest BCUT2D eigenvalue weighted by atomic mass is 16.7. The van der Waals surface area contributed by atoms with E-state index in [1.807, 2.05) is 42.3 Å². The summed E-state index contributed by atoms with van der Waals surface area (Å²) in [6.45, 7) is 6.86. The first-order chi connectivity index (χ1) is 8.09. The van der Waals surface area contributed by atoms with E-state index in [0.29, 0.717) is 12.5 Å². The van der Waals surface area contributed by atoms with Crippen molar-refractivity contribution in [2.24, 2.45) is 11.8 Å². The average molecular weight is 233 g/mol. The highest BCUT2D eigenvalue weighted by molar-refractivity contribution is 5.74. The van der Waals surface area contributed by atoms with Crippen LogP contribution in [0.5, 0.6) is 0 Å². The number of carbonyl (C=O) groups excluding carboxylic acids is 1. The zero-order valence-electron chi connectivity index (χ0n) is 10.6. The molecular formula is C14H19NO2. The molecule has 0 N–H and O–H groups in total. The first-order valence-corrected chi connectivity index (χ1v) is 6.12. The number of rotatable bonds is 3. The van der Waals surface area contributed by atoms with Gasteiger partial charge in [0.15, 0.2) is 0 Å². The van der Waals surface area contributed by atoms with E-state index in [1.54, 1.807) is 0 Å². The SMILES string of the molecule is CC(C)[C@@H]1[C@@H](C)C(=O)ON1Cc1ccccc1. The Balaban J connectivity index is 2.12. The first-order valence-electron chi connectivity index (χ1n) is 6.12. The molecule has 2 rings (SSSR count). The molecule has 0 unspecified atom stereocenters. The van der Waals surface area contributed by atoms with Gasteiger partial charge in [-0.1, -0.05) is 51.1 Å². The summed E-state index contributed by atoms with van der Waals surface area (Å²) in [6.07, 6.45) is 0. The van der Waals surface area contributed by atoms with Gasteiger partial charge in [0.05, 0.1) is 18.5 Å². The van der Waals surface area contributed by atoms with Crippen LogP contribution < -0.4 is 0 Å². The number of hydroxylamine groups is 2. The predicted molar refractivity (Wildman–Crippen MR) is 65.9 cm³/mol. The summed E-state index contributed by atoms with van der Waals surface area (Å²) < 4.78 is 0. The molecule has 1 fully saturated rings. The third-order valence-corrected chi connectivity index (χ3v) is 3.29. The molecule has 1 aromatic rings. The summed E-state index contributed by atoms with van der Waals surface area (Å²) in [6, 6.07) is 10.3. The van der Waals surface area contributed by atoms with Gasteiger partial charge >= 0.3 is 5.97 Å². The van der Waals surface area contributed by atoms with Gasteiger partial charge in [0.25, 0.3) is 0 Å². The van der Waals surface area contributed by atoms with Crippen molar-refractivity contribution in [3.8, 4) is 0 Å². The average Bonchev–Trinajstić information content (AvgIpc) is 2.56. The summed E-state index contributed by atoms with van der Waals surface area (Å²) in [4.78, 5) is 17.0. The van der Waals surface area contributed by atoms with E-state index in [-0.39, 0.29) is 17.9 Å². The van der Waals surface area contributed by atoms with E-state index in [2.05, 4.69) is 13.8 Å². The molecule has 92 valence electrons. The van der Waals surface area contributed by atoms with E-state index >= 15 is 0 Å².